The molecule has 2 heteroatoms. The maximum atomic E-state index is 3.28. The predicted octanol–water partition coefficient (Wildman–Crippen LogP) is 4.77. The maximum absolute atomic E-state index is 3.28. The number of rotatable bonds is 2. The van der Waals surface area contributed by atoms with Crippen molar-refractivity contribution in [3.05, 3.63) is 58.6 Å². The first kappa shape index (κ1) is 15.7. The summed E-state index contributed by atoms with van der Waals surface area (Å²) in [6, 6.07) is 16.5. The summed E-state index contributed by atoms with van der Waals surface area (Å²) in [5.41, 5.74) is 1.46. The summed E-state index contributed by atoms with van der Waals surface area (Å²) in [6.45, 7) is 4.49. The van der Waals surface area contributed by atoms with Crippen LogP contribution in [0, 0.1) is 5.92 Å². The minimum Gasteiger partial charge on any atom is -0.747 e. The van der Waals surface area contributed by atoms with Gasteiger partial charge >= 0.3 is 0 Å². The van der Waals surface area contributed by atoms with Crippen LogP contribution < -0.4 is 0 Å². The minimum atomic E-state index is 0. The molecule has 2 aromatic carbocycles. The molecule has 0 N–H and O–H groups in total. The van der Waals surface area contributed by atoms with E-state index in [1.807, 2.05) is 24.3 Å². The third-order valence-corrected chi connectivity index (χ3v) is 2.53. The Morgan fingerprint density at radius 1 is 1.12 bits per heavy atom. The van der Waals surface area contributed by atoms with E-state index in [1.165, 1.54) is 12.0 Å². The average Bonchev–Trinajstić information content (AvgIpc) is 2.78. The van der Waals surface area contributed by atoms with E-state index in [2.05, 4.69) is 54.0 Å². The first-order valence-corrected chi connectivity index (χ1v) is 6.05. The molecule has 0 radical (unpaired) electrons. The van der Waals surface area contributed by atoms with Crippen molar-refractivity contribution in [2.75, 3.05) is 0 Å². The number of hydrogen-bond acceptors (Lipinski definition) is 0. The molecule has 0 amide bonds. The molecule has 0 saturated carbocycles. The standard InChI is InChI=1S/C9H13.C5H4Br.Fe/c1-8(2)7-9-5-3-4-6-9;6-5-3-1-2-4-5;/h3-6,8H,7H2,1-2H3;1-4H;/q-1;-5;. The van der Waals surface area contributed by atoms with Crippen LogP contribution in [0.5, 0.6) is 0 Å². The number of halogens is 1. The van der Waals surface area contributed by atoms with Crippen LogP contribution in [-0.4, -0.2) is 0 Å². The Morgan fingerprint density at radius 3 is 1.94 bits per heavy atom. The van der Waals surface area contributed by atoms with Crippen LogP contribution in [0.3, 0.4) is 0 Å². The molecule has 16 heavy (non-hydrogen) atoms. The Kier molecular flexibility index (Phi) is 8.64. The van der Waals surface area contributed by atoms with Gasteiger partial charge in [-0.25, -0.2) is 12.1 Å². The van der Waals surface area contributed by atoms with E-state index < -0.39 is 0 Å². The van der Waals surface area contributed by atoms with Gasteiger partial charge in [0.05, 0.1) is 0 Å². The quantitative estimate of drug-likeness (QED) is 0.552. The normalized spacial score (nSPS) is 9.25. The Morgan fingerprint density at radius 2 is 1.62 bits per heavy atom. The van der Waals surface area contributed by atoms with Crippen LogP contribution in [-0.2, 0) is 23.5 Å². The molecule has 0 atom stereocenters. The zero-order valence-corrected chi connectivity index (χ0v) is 12.3. The molecule has 0 heterocycles. The van der Waals surface area contributed by atoms with E-state index in [4.69, 9.17) is 0 Å². The Bertz CT molecular complexity index is 333. The molecule has 0 aliphatic heterocycles. The van der Waals surface area contributed by atoms with Crippen molar-refractivity contribution in [1.82, 2.24) is 0 Å². The zero-order chi connectivity index (χ0) is 11.1. The van der Waals surface area contributed by atoms with E-state index in [9.17, 15) is 0 Å². The smallest absolute Gasteiger partial charge is 0 e. The van der Waals surface area contributed by atoms with Gasteiger partial charge in [0, 0.05) is 17.1 Å². The van der Waals surface area contributed by atoms with Gasteiger partial charge in [-0.2, -0.15) is 17.7 Å². The average molecular weight is 321 g/mol. The molecule has 0 bridgehead atoms. The second kappa shape index (κ2) is 8.81. The van der Waals surface area contributed by atoms with Crippen LogP contribution in [0.1, 0.15) is 19.4 Å². The fourth-order valence-corrected chi connectivity index (χ4v) is 1.68. The largest absolute Gasteiger partial charge is 0.747 e. The van der Waals surface area contributed by atoms with Gasteiger partial charge in [0.25, 0.3) is 0 Å². The Balaban J connectivity index is 0.000000283. The van der Waals surface area contributed by atoms with Crippen LogP contribution in [0.25, 0.3) is 0 Å². The second-order valence-electron chi connectivity index (χ2n) is 3.99. The van der Waals surface area contributed by atoms with E-state index in [1.54, 1.807) is 0 Å². The summed E-state index contributed by atoms with van der Waals surface area (Å²) < 4.78 is 1.16. The SMILES string of the molecule is Br[c-]1[cH-][cH-][cH-][cH-]1.CC(C)C[c-]1cccc1.[Fe]. The van der Waals surface area contributed by atoms with Gasteiger partial charge in [-0.1, -0.05) is 26.2 Å². The van der Waals surface area contributed by atoms with Crippen molar-refractivity contribution in [2.45, 2.75) is 20.3 Å². The third kappa shape index (κ3) is 7.05. The molecule has 0 nitrogen and oxygen atoms in total. The summed E-state index contributed by atoms with van der Waals surface area (Å²) in [5.74, 6) is 0.785. The number of hydrogen-bond donors (Lipinski definition) is 0. The Labute approximate surface area is 117 Å². The molecule has 94 valence electrons. The molecule has 0 unspecified atom stereocenters. The van der Waals surface area contributed by atoms with Crippen molar-refractivity contribution in [2.24, 2.45) is 5.92 Å². The van der Waals surface area contributed by atoms with Crippen LogP contribution in [0.15, 0.2) is 53.0 Å². The van der Waals surface area contributed by atoms with Crippen LogP contribution in [0.2, 0.25) is 0 Å². The van der Waals surface area contributed by atoms with Gasteiger partial charge in [-0.3, -0.25) is 0 Å². The molecule has 0 aromatic heterocycles. The molecular weight excluding hydrogens is 304 g/mol. The molecular formula is C14H17BrFe-6. The molecule has 0 saturated heterocycles. The van der Waals surface area contributed by atoms with Crippen LogP contribution >= 0.6 is 15.9 Å². The summed E-state index contributed by atoms with van der Waals surface area (Å²) in [6.07, 6.45) is 1.22. The summed E-state index contributed by atoms with van der Waals surface area (Å²) in [7, 11) is 0. The molecule has 2 aromatic rings. The van der Waals surface area contributed by atoms with Gasteiger partial charge in [-0.15, -0.1) is 0 Å². The van der Waals surface area contributed by atoms with Crippen LogP contribution in [0.4, 0.5) is 0 Å². The molecule has 0 spiro atoms. The molecule has 0 aliphatic carbocycles. The van der Waals surface area contributed by atoms with E-state index >= 15 is 0 Å². The van der Waals surface area contributed by atoms with Crippen molar-refractivity contribution < 1.29 is 17.1 Å². The van der Waals surface area contributed by atoms with Gasteiger partial charge in [-0.05, 0) is 0 Å². The predicted molar refractivity (Wildman–Crippen MR) is 70.3 cm³/mol. The molecule has 0 fully saturated rings. The van der Waals surface area contributed by atoms with Crippen molar-refractivity contribution in [3.63, 3.8) is 0 Å². The van der Waals surface area contributed by atoms with Gasteiger partial charge in [0.1, 0.15) is 0 Å². The molecule has 0 aliphatic rings. The fourth-order valence-electron chi connectivity index (χ4n) is 1.37. The maximum Gasteiger partial charge on any atom is 0 e. The summed E-state index contributed by atoms with van der Waals surface area (Å²) in [5, 5.41) is 0. The fraction of sp³-hybridized carbons (Fsp3) is 0.286. The van der Waals surface area contributed by atoms with Gasteiger partial charge < -0.3 is 44.7 Å². The van der Waals surface area contributed by atoms with E-state index in [-0.39, 0.29) is 17.1 Å². The Hall–Kier alpha value is -0.301. The van der Waals surface area contributed by atoms with Crippen molar-refractivity contribution >= 4 is 15.9 Å². The summed E-state index contributed by atoms with van der Waals surface area (Å²) >= 11 is 3.28. The van der Waals surface area contributed by atoms with Crippen molar-refractivity contribution in [1.29, 1.82) is 0 Å². The van der Waals surface area contributed by atoms with E-state index in [0.717, 1.165) is 10.4 Å². The van der Waals surface area contributed by atoms with E-state index in [0.29, 0.717) is 0 Å². The zero-order valence-electron chi connectivity index (χ0n) is 9.63. The van der Waals surface area contributed by atoms with Gasteiger partial charge in [0.15, 0.2) is 0 Å². The minimum absolute atomic E-state index is 0. The first-order chi connectivity index (χ1) is 7.18. The van der Waals surface area contributed by atoms with Gasteiger partial charge in [0.2, 0.25) is 0 Å². The topological polar surface area (TPSA) is 0 Å². The first-order valence-electron chi connectivity index (χ1n) is 5.26. The summed E-state index contributed by atoms with van der Waals surface area (Å²) in [4.78, 5) is 0. The molecule has 2 rings (SSSR count). The monoisotopic (exact) mass is 320 g/mol. The second-order valence-corrected chi connectivity index (χ2v) is 4.91. The van der Waals surface area contributed by atoms with Crippen molar-refractivity contribution in [3.8, 4) is 0 Å². The third-order valence-electron chi connectivity index (χ3n) is 2.00.